The second kappa shape index (κ2) is 5.50. The van der Waals surface area contributed by atoms with E-state index in [0.29, 0.717) is 12.1 Å². The zero-order valence-electron chi connectivity index (χ0n) is 10.8. The second-order valence-electron chi connectivity index (χ2n) is 4.49. The average Bonchev–Trinajstić information content (AvgIpc) is 2.81. The molecule has 0 saturated carbocycles. The summed E-state index contributed by atoms with van der Waals surface area (Å²) in [6, 6.07) is 7.26. The van der Waals surface area contributed by atoms with Gasteiger partial charge in [0.1, 0.15) is 0 Å². The van der Waals surface area contributed by atoms with Gasteiger partial charge in [0.2, 0.25) is 5.75 Å². The number of aromatic hydroxyl groups is 3. The maximum Gasteiger partial charge on any atom is 0.200 e. The summed E-state index contributed by atoms with van der Waals surface area (Å²) in [7, 11) is 0. The van der Waals surface area contributed by atoms with E-state index in [4.69, 9.17) is 0 Å². The zero-order chi connectivity index (χ0) is 14.0. The van der Waals surface area contributed by atoms with Crippen molar-refractivity contribution in [2.45, 2.75) is 26.4 Å². The van der Waals surface area contributed by atoms with Crippen molar-refractivity contribution in [2.24, 2.45) is 0 Å². The first-order valence-electron chi connectivity index (χ1n) is 6.01. The fourth-order valence-electron chi connectivity index (χ4n) is 1.80. The van der Waals surface area contributed by atoms with E-state index in [1.165, 1.54) is 15.8 Å². The minimum Gasteiger partial charge on any atom is -0.504 e. The highest BCUT2D eigenvalue weighted by Gasteiger charge is 2.12. The predicted octanol–water partition coefficient (Wildman–Crippen LogP) is 3.02. The molecule has 1 heterocycles. The molecule has 0 bridgehead atoms. The molecule has 102 valence electrons. The van der Waals surface area contributed by atoms with Crippen LogP contribution < -0.4 is 5.32 Å². The molecule has 0 radical (unpaired) electrons. The van der Waals surface area contributed by atoms with Gasteiger partial charge in [0.25, 0.3) is 0 Å². The summed E-state index contributed by atoms with van der Waals surface area (Å²) in [5.74, 6) is -1.07. The van der Waals surface area contributed by atoms with Gasteiger partial charge < -0.3 is 20.6 Å². The minimum absolute atomic E-state index is 0.161. The molecule has 19 heavy (non-hydrogen) atoms. The molecule has 1 aromatic heterocycles. The molecule has 5 heteroatoms. The largest absolute Gasteiger partial charge is 0.504 e. The van der Waals surface area contributed by atoms with Gasteiger partial charge in [0.05, 0.1) is 0 Å². The first-order chi connectivity index (χ1) is 8.99. The summed E-state index contributed by atoms with van der Waals surface area (Å²) in [6.07, 6.45) is 0. The SMILES string of the molecule is Cc1ccc(C(C)NCc2ccc(O)c(O)c2O)s1. The first kappa shape index (κ1) is 13.7. The molecule has 4 nitrogen and oxygen atoms in total. The van der Waals surface area contributed by atoms with Crippen molar-refractivity contribution >= 4 is 11.3 Å². The van der Waals surface area contributed by atoms with Crippen LogP contribution in [0.15, 0.2) is 24.3 Å². The third-order valence-electron chi connectivity index (χ3n) is 3.00. The highest BCUT2D eigenvalue weighted by atomic mass is 32.1. The van der Waals surface area contributed by atoms with E-state index in [9.17, 15) is 15.3 Å². The summed E-state index contributed by atoms with van der Waals surface area (Å²) < 4.78 is 0. The summed E-state index contributed by atoms with van der Waals surface area (Å²) in [4.78, 5) is 2.48. The van der Waals surface area contributed by atoms with Gasteiger partial charge in [-0.15, -0.1) is 11.3 Å². The fraction of sp³-hybridized carbons (Fsp3) is 0.286. The lowest BCUT2D eigenvalue weighted by Crippen LogP contribution is -2.17. The molecular weight excluding hydrogens is 262 g/mol. The fourth-order valence-corrected chi connectivity index (χ4v) is 2.71. The first-order valence-corrected chi connectivity index (χ1v) is 6.83. The Kier molecular flexibility index (Phi) is 3.97. The van der Waals surface area contributed by atoms with Crippen LogP contribution in [0.1, 0.15) is 28.3 Å². The van der Waals surface area contributed by atoms with Gasteiger partial charge in [-0.05, 0) is 32.0 Å². The number of aryl methyl sites for hydroxylation is 1. The van der Waals surface area contributed by atoms with Crippen molar-refractivity contribution in [1.29, 1.82) is 0 Å². The quantitative estimate of drug-likeness (QED) is 0.649. The maximum absolute atomic E-state index is 9.72. The Morgan fingerprint density at radius 3 is 2.47 bits per heavy atom. The molecule has 1 aromatic carbocycles. The molecule has 2 aromatic rings. The molecule has 0 aliphatic heterocycles. The van der Waals surface area contributed by atoms with Gasteiger partial charge in [0, 0.05) is 27.9 Å². The van der Waals surface area contributed by atoms with E-state index in [0.717, 1.165) is 0 Å². The number of thiophene rings is 1. The van der Waals surface area contributed by atoms with Gasteiger partial charge in [-0.2, -0.15) is 0 Å². The van der Waals surface area contributed by atoms with Gasteiger partial charge in [-0.3, -0.25) is 0 Å². The lowest BCUT2D eigenvalue weighted by atomic mass is 10.1. The van der Waals surface area contributed by atoms with Crippen molar-refractivity contribution in [2.75, 3.05) is 0 Å². The van der Waals surface area contributed by atoms with Crippen molar-refractivity contribution in [3.8, 4) is 17.2 Å². The van der Waals surface area contributed by atoms with E-state index in [2.05, 4.69) is 24.4 Å². The standard InChI is InChI=1S/C14H17NO3S/c1-8-3-6-12(19-8)9(2)15-7-10-4-5-11(16)14(18)13(10)17/h3-6,9,15-18H,7H2,1-2H3. The highest BCUT2D eigenvalue weighted by molar-refractivity contribution is 7.12. The molecule has 0 amide bonds. The van der Waals surface area contributed by atoms with Crippen molar-refractivity contribution < 1.29 is 15.3 Å². The Labute approximate surface area is 116 Å². The van der Waals surface area contributed by atoms with E-state index in [1.54, 1.807) is 17.4 Å². The highest BCUT2D eigenvalue weighted by Crippen LogP contribution is 2.37. The Morgan fingerprint density at radius 2 is 1.84 bits per heavy atom. The smallest absolute Gasteiger partial charge is 0.200 e. The third-order valence-corrected chi connectivity index (χ3v) is 4.18. The van der Waals surface area contributed by atoms with E-state index in [1.807, 2.05) is 6.92 Å². The number of hydrogen-bond donors (Lipinski definition) is 4. The molecule has 0 aliphatic rings. The number of hydrogen-bond acceptors (Lipinski definition) is 5. The Hall–Kier alpha value is -1.72. The summed E-state index contributed by atoms with van der Waals surface area (Å²) in [5.41, 5.74) is 0.551. The lowest BCUT2D eigenvalue weighted by Gasteiger charge is -2.13. The molecular formula is C14H17NO3S. The van der Waals surface area contributed by atoms with Crippen LogP contribution in [0.2, 0.25) is 0 Å². The van der Waals surface area contributed by atoms with Crippen LogP contribution in [0.4, 0.5) is 0 Å². The summed E-state index contributed by atoms with van der Waals surface area (Å²) in [6.45, 7) is 4.52. The van der Waals surface area contributed by atoms with E-state index in [-0.39, 0.29) is 17.5 Å². The monoisotopic (exact) mass is 279 g/mol. The Balaban J connectivity index is 2.05. The number of benzene rings is 1. The molecule has 0 saturated heterocycles. The van der Waals surface area contributed by atoms with Gasteiger partial charge >= 0.3 is 0 Å². The Morgan fingerprint density at radius 1 is 1.11 bits per heavy atom. The molecule has 0 fully saturated rings. The van der Waals surface area contributed by atoms with Gasteiger partial charge in [-0.1, -0.05) is 6.07 Å². The van der Waals surface area contributed by atoms with Gasteiger partial charge in [0.15, 0.2) is 11.5 Å². The lowest BCUT2D eigenvalue weighted by molar-refractivity contribution is 0.363. The molecule has 0 spiro atoms. The zero-order valence-corrected chi connectivity index (χ0v) is 11.7. The van der Waals surface area contributed by atoms with Crippen molar-refractivity contribution in [3.05, 3.63) is 39.6 Å². The van der Waals surface area contributed by atoms with Crippen LogP contribution in [0.3, 0.4) is 0 Å². The topological polar surface area (TPSA) is 72.7 Å². The van der Waals surface area contributed by atoms with Crippen LogP contribution in [0, 0.1) is 6.92 Å². The van der Waals surface area contributed by atoms with Crippen LogP contribution in [0.25, 0.3) is 0 Å². The van der Waals surface area contributed by atoms with Gasteiger partial charge in [-0.25, -0.2) is 0 Å². The molecule has 1 unspecified atom stereocenters. The number of rotatable bonds is 4. The van der Waals surface area contributed by atoms with Crippen molar-refractivity contribution in [3.63, 3.8) is 0 Å². The summed E-state index contributed by atoms with van der Waals surface area (Å²) in [5, 5.41) is 31.7. The molecule has 0 aliphatic carbocycles. The third kappa shape index (κ3) is 3.00. The van der Waals surface area contributed by atoms with Crippen molar-refractivity contribution in [1.82, 2.24) is 5.32 Å². The van der Waals surface area contributed by atoms with Crippen LogP contribution in [0.5, 0.6) is 17.2 Å². The number of nitrogens with one attached hydrogen (secondary N) is 1. The second-order valence-corrected chi connectivity index (χ2v) is 5.81. The predicted molar refractivity (Wildman–Crippen MR) is 75.7 cm³/mol. The normalized spacial score (nSPS) is 12.5. The van der Waals surface area contributed by atoms with Crippen LogP contribution in [-0.4, -0.2) is 15.3 Å². The van der Waals surface area contributed by atoms with Crippen LogP contribution in [-0.2, 0) is 6.54 Å². The minimum atomic E-state index is -0.473. The van der Waals surface area contributed by atoms with E-state index < -0.39 is 5.75 Å². The number of phenols is 3. The summed E-state index contributed by atoms with van der Waals surface area (Å²) >= 11 is 1.73. The maximum atomic E-state index is 9.72. The average molecular weight is 279 g/mol. The van der Waals surface area contributed by atoms with Crippen LogP contribution >= 0.6 is 11.3 Å². The molecule has 2 rings (SSSR count). The Bertz CT molecular complexity index is 580. The van der Waals surface area contributed by atoms with E-state index >= 15 is 0 Å². The molecule has 4 N–H and O–H groups in total. The molecule has 1 atom stereocenters. The number of phenolic OH excluding ortho intramolecular Hbond substituents is 3.